The maximum Gasteiger partial charge on any atom is 0.243 e. The smallest absolute Gasteiger partial charge is 0.243 e. The van der Waals surface area contributed by atoms with E-state index in [2.05, 4.69) is 5.32 Å². The Labute approximate surface area is 120 Å². The third-order valence-electron chi connectivity index (χ3n) is 3.66. The number of aliphatic hydroxyl groups excluding tert-OH is 1. The number of benzene rings is 1. The van der Waals surface area contributed by atoms with Crippen molar-refractivity contribution in [3.8, 4) is 0 Å². The molecule has 2 N–H and O–H groups in total. The second kappa shape index (κ2) is 6.22. The first-order valence-corrected chi connectivity index (χ1v) is 8.30. The highest BCUT2D eigenvalue weighted by Crippen LogP contribution is 2.20. The van der Waals surface area contributed by atoms with E-state index < -0.39 is 16.1 Å². The van der Waals surface area contributed by atoms with E-state index in [1.807, 2.05) is 12.1 Å². The first-order chi connectivity index (χ1) is 9.45. The van der Waals surface area contributed by atoms with Crippen molar-refractivity contribution in [3.05, 3.63) is 29.8 Å². The average Bonchev–Trinajstić information content (AvgIpc) is 3.28. The van der Waals surface area contributed by atoms with Crippen molar-refractivity contribution >= 4 is 10.0 Å². The monoisotopic (exact) mass is 298 g/mol. The van der Waals surface area contributed by atoms with E-state index in [1.54, 1.807) is 19.1 Å². The van der Waals surface area contributed by atoms with Crippen LogP contribution in [0.25, 0.3) is 0 Å². The van der Waals surface area contributed by atoms with Gasteiger partial charge in [-0.25, -0.2) is 8.42 Å². The molecule has 1 aliphatic rings. The standard InChI is InChI=1S/C14H22N2O3S/c1-11(10-17)16(2)20(18,19)14-7-3-12(4-8-14)9-15-13-5-6-13/h3-4,7-8,11,13,15,17H,5-6,9-10H2,1-2H3. The zero-order valence-corrected chi connectivity index (χ0v) is 12.7. The molecule has 1 aliphatic carbocycles. The topological polar surface area (TPSA) is 69.6 Å². The molecule has 1 unspecified atom stereocenters. The number of hydrogen-bond donors (Lipinski definition) is 2. The fraction of sp³-hybridized carbons (Fsp3) is 0.571. The van der Waals surface area contributed by atoms with Crippen LogP contribution >= 0.6 is 0 Å². The lowest BCUT2D eigenvalue weighted by molar-refractivity contribution is 0.214. The molecule has 2 rings (SSSR count). The highest BCUT2D eigenvalue weighted by molar-refractivity contribution is 7.89. The van der Waals surface area contributed by atoms with Crippen LogP contribution in [0.5, 0.6) is 0 Å². The number of nitrogens with zero attached hydrogens (tertiary/aromatic N) is 1. The van der Waals surface area contributed by atoms with Gasteiger partial charge in [0.05, 0.1) is 11.5 Å². The lowest BCUT2D eigenvalue weighted by Crippen LogP contribution is -2.37. The highest BCUT2D eigenvalue weighted by Gasteiger charge is 2.25. The molecule has 1 fully saturated rings. The molecule has 0 amide bonds. The Morgan fingerprint density at radius 3 is 2.45 bits per heavy atom. The van der Waals surface area contributed by atoms with Crippen molar-refractivity contribution in [2.45, 2.75) is 43.3 Å². The van der Waals surface area contributed by atoms with Gasteiger partial charge >= 0.3 is 0 Å². The summed E-state index contributed by atoms with van der Waals surface area (Å²) >= 11 is 0. The Hall–Kier alpha value is -0.950. The number of aliphatic hydroxyl groups is 1. The van der Waals surface area contributed by atoms with Crippen LogP contribution in [0.2, 0.25) is 0 Å². The summed E-state index contributed by atoms with van der Waals surface area (Å²) in [6.07, 6.45) is 2.46. The molecule has 0 bridgehead atoms. The van der Waals surface area contributed by atoms with E-state index in [-0.39, 0.29) is 11.5 Å². The normalized spacial score (nSPS) is 17.4. The minimum absolute atomic E-state index is 0.195. The van der Waals surface area contributed by atoms with Crippen LogP contribution in [0.15, 0.2) is 29.2 Å². The summed E-state index contributed by atoms with van der Waals surface area (Å²) < 4.78 is 25.8. The molecule has 0 spiro atoms. The van der Waals surface area contributed by atoms with Gasteiger partial charge in [0.25, 0.3) is 0 Å². The number of sulfonamides is 1. The van der Waals surface area contributed by atoms with Crippen LogP contribution in [0.3, 0.4) is 0 Å². The minimum atomic E-state index is -3.53. The van der Waals surface area contributed by atoms with E-state index >= 15 is 0 Å². The molecule has 1 aromatic rings. The Bertz CT molecular complexity index is 538. The number of rotatable bonds is 7. The van der Waals surface area contributed by atoms with Gasteiger partial charge in [-0.15, -0.1) is 0 Å². The minimum Gasteiger partial charge on any atom is -0.395 e. The van der Waals surface area contributed by atoms with Gasteiger partial charge in [-0.1, -0.05) is 12.1 Å². The zero-order valence-electron chi connectivity index (χ0n) is 11.9. The summed E-state index contributed by atoms with van der Waals surface area (Å²) in [5.41, 5.74) is 1.08. The molecular weight excluding hydrogens is 276 g/mol. The van der Waals surface area contributed by atoms with Gasteiger partial charge in [-0.2, -0.15) is 4.31 Å². The van der Waals surface area contributed by atoms with Gasteiger partial charge < -0.3 is 10.4 Å². The molecule has 20 heavy (non-hydrogen) atoms. The predicted octanol–water partition coefficient (Wildman–Crippen LogP) is 0.940. The first kappa shape index (κ1) is 15.4. The predicted molar refractivity (Wildman–Crippen MR) is 77.8 cm³/mol. The zero-order chi connectivity index (χ0) is 14.8. The third-order valence-corrected chi connectivity index (χ3v) is 5.64. The van der Waals surface area contributed by atoms with Crippen molar-refractivity contribution in [1.82, 2.24) is 9.62 Å². The molecule has 0 aromatic heterocycles. The van der Waals surface area contributed by atoms with Gasteiger partial charge in [-0.3, -0.25) is 0 Å². The molecule has 6 heteroatoms. The summed E-state index contributed by atoms with van der Waals surface area (Å²) in [6.45, 7) is 2.25. The quantitative estimate of drug-likeness (QED) is 0.786. The summed E-state index contributed by atoms with van der Waals surface area (Å²) in [4.78, 5) is 0.260. The Morgan fingerprint density at radius 2 is 1.95 bits per heavy atom. The SMILES string of the molecule is CC(CO)N(C)S(=O)(=O)c1ccc(CNC2CC2)cc1. The van der Waals surface area contributed by atoms with Crippen molar-refractivity contribution in [2.24, 2.45) is 0 Å². The summed E-state index contributed by atoms with van der Waals surface area (Å²) in [5, 5.41) is 12.5. The van der Waals surface area contributed by atoms with E-state index in [9.17, 15) is 8.42 Å². The van der Waals surface area contributed by atoms with Gasteiger partial charge in [0, 0.05) is 25.7 Å². The van der Waals surface area contributed by atoms with E-state index in [0.29, 0.717) is 6.04 Å². The van der Waals surface area contributed by atoms with Gasteiger partial charge in [0.2, 0.25) is 10.0 Å². The van der Waals surface area contributed by atoms with E-state index in [4.69, 9.17) is 5.11 Å². The lowest BCUT2D eigenvalue weighted by Gasteiger charge is -2.22. The fourth-order valence-electron chi connectivity index (χ4n) is 1.85. The first-order valence-electron chi connectivity index (χ1n) is 6.86. The molecule has 0 aliphatic heterocycles. The second-order valence-corrected chi connectivity index (χ2v) is 7.35. The molecule has 0 saturated heterocycles. The highest BCUT2D eigenvalue weighted by atomic mass is 32.2. The molecule has 0 radical (unpaired) electrons. The lowest BCUT2D eigenvalue weighted by atomic mass is 10.2. The number of likely N-dealkylation sites (N-methyl/N-ethyl adjacent to an activating group) is 1. The molecular formula is C14H22N2O3S. The molecule has 112 valence electrons. The number of hydrogen-bond acceptors (Lipinski definition) is 4. The van der Waals surface area contributed by atoms with Gasteiger partial charge in [0.15, 0.2) is 0 Å². The van der Waals surface area contributed by atoms with Gasteiger partial charge in [-0.05, 0) is 37.5 Å². The summed E-state index contributed by atoms with van der Waals surface area (Å²) in [6, 6.07) is 7.12. The van der Waals surface area contributed by atoms with Crippen molar-refractivity contribution in [1.29, 1.82) is 0 Å². The van der Waals surface area contributed by atoms with Crippen LogP contribution in [-0.2, 0) is 16.6 Å². The molecule has 1 saturated carbocycles. The third kappa shape index (κ3) is 3.58. The van der Waals surface area contributed by atoms with E-state index in [0.717, 1.165) is 12.1 Å². The number of nitrogens with one attached hydrogen (secondary N) is 1. The van der Waals surface area contributed by atoms with Crippen molar-refractivity contribution in [3.63, 3.8) is 0 Å². The largest absolute Gasteiger partial charge is 0.395 e. The Kier molecular flexibility index (Phi) is 4.80. The van der Waals surface area contributed by atoms with Crippen LogP contribution in [0.1, 0.15) is 25.3 Å². The Balaban J connectivity index is 2.07. The van der Waals surface area contributed by atoms with Crippen molar-refractivity contribution in [2.75, 3.05) is 13.7 Å². The van der Waals surface area contributed by atoms with Crippen LogP contribution in [0.4, 0.5) is 0 Å². The molecule has 5 nitrogen and oxygen atoms in total. The van der Waals surface area contributed by atoms with Crippen LogP contribution in [0, 0.1) is 0 Å². The molecule has 0 heterocycles. The van der Waals surface area contributed by atoms with E-state index in [1.165, 1.54) is 24.2 Å². The molecule has 1 atom stereocenters. The maximum absolute atomic E-state index is 12.3. The van der Waals surface area contributed by atoms with Crippen LogP contribution in [-0.4, -0.2) is 43.6 Å². The Morgan fingerprint density at radius 1 is 1.35 bits per heavy atom. The van der Waals surface area contributed by atoms with Gasteiger partial charge in [0.1, 0.15) is 0 Å². The maximum atomic E-state index is 12.3. The molecule has 1 aromatic carbocycles. The van der Waals surface area contributed by atoms with Crippen molar-refractivity contribution < 1.29 is 13.5 Å². The average molecular weight is 298 g/mol. The second-order valence-electron chi connectivity index (χ2n) is 5.35. The van der Waals surface area contributed by atoms with Crippen LogP contribution < -0.4 is 5.32 Å². The fourth-order valence-corrected chi connectivity index (χ4v) is 3.20. The summed E-state index contributed by atoms with van der Waals surface area (Å²) in [5.74, 6) is 0. The summed E-state index contributed by atoms with van der Waals surface area (Å²) in [7, 11) is -2.05.